The highest BCUT2D eigenvalue weighted by atomic mass is 19.4. The van der Waals surface area contributed by atoms with Gasteiger partial charge in [0.2, 0.25) is 0 Å². The molecule has 31 heavy (non-hydrogen) atoms. The van der Waals surface area contributed by atoms with Gasteiger partial charge in [0, 0.05) is 36.5 Å². The zero-order valence-electron chi connectivity index (χ0n) is 16.7. The number of fused-ring (bicyclic) bond motifs is 1. The molecule has 2 aromatic heterocycles. The molecule has 0 bridgehead atoms. The van der Waals surface area contributed by atoms with Gasteiger partial charge < -0.3 is 10.6 Å². The molecule has 164 valence electrons. The topological polar surface area (TPSA) is 67.9 Å². The Bertz CT molecular complexity index is 1120. The lowest BCUT2D eigenvalue weighted by atomic mass is 9.94. The number of hydrogen-bond donors (Lipinski definition) is 1. The van der Waals surface area contributed by atoms with Gasteiger partial charge in [0.25, 0.3) is 5.92 Å². The highest BCUT2D eigenvalue weighted by Gasteiger charge is 2.38. The molecule has 0 atom stereocenters. The van der Waals surface area contributed by atoms with Crippen molar-refractivity contribution in [3.05, 3.63) is 41.7 Å². The summed E-state index contributed by atoms with van der Waals surface area (Å²) in [7, 11) is 0. The molecular weight excluding hydrogens is 417 g/mol. The zero-order valence-corrected chi connectivity index (χ0v) is 16.7. The molecule has 1 aliphatic rings. The fraction of sp³-hybridized carbons (Fsp3) is 0.381. The van der Waals surface area contributed by atoms with Gasteiger partial charge in [-0.2, -0.15) is 13.2 Å². The van der Waals surface area contributed by atoms with Gasteiger partial charge in [0.15, 0.2) is 0 Å². The van der Waals surface area contributed by atoms with Crippen molar-refractivity contribution in [1.82, 2.24) is 15.0 Å². The maximum Gasteiger partial charge on any atom is 0.418 e. The Morgan fingerprint density at radius 2 is 1.65 bits per heavy atom. The number of benzene rings is 1. The third-order valence-corrected chi connectivity index (χ3v) is 5.36. The molecule has 3 heterocycles. The highest BCUT2D eigenvalue weighted by Crippen LogP contribution is 2.43. The molecule has 1 saturated heterocycles. The smallest absolute Gasteiger partial charge is 0.384 e. The van der Waals surface area contributed by atoms with Crippen molar-refractivity contribution in [3.8, 4) is 11.3 Å². The van der Waals surface area contributed by atoms with Crippen LogP contribution in [0.5, 0.6) is 0 Å². The predicted octanol–water partition coefficient (Wildman–Crippen LogP) is 5.39. The summed E-state index contributed by atoms with van der Waals surface area (Å²) in [6.45, 7) is 2.09. The molecule has 1 aliphatic heterocycles. The van der Waals surface area contributed by atoms with Crippen molar-refractivity contribution in [1.29, 1.82) is 0 Å². The van der Waals surface area contributed by atoms with Crippen LogP contribution in [0, 0.1) is 0 Å². The second-order valence-corrected chi connectivity index (χ2v) is 7.68. The molecule has 0 unspecified atom stereocenters. The van der Waals surface area contributed by atoms with E-state index in [1.165, 1.54) is 18.5 Å². The maximum atomic E-state index is 14.6. The van der Waals surface area contributed by atoms with Gasteiger partial charge in [-0.1, -0.05) is 0 Å². The number of nitrogens with zero attached hydrogens (tertiary/aromatic N) is 4. The minimum absolute atomic E-state index is 0.204. The lowest BCUT2D eigenvalue weighted by Crippen LogP contribution is -2.30. The van der Waals surface area contributed by atoms with Crippen LogP contribution in [-0.2, 0) is 12.1 Å². The van der Waals surface area contributed by atoms with Crippen molar-refractivity contribution in [2.45, 2.75) is 38.3 Å². The molecule has 10 heteroatoms. The summed E-state index contributed by atoms with van der Waals surface area (Å²) in [6.07, 6.45) is -0.540. The number of alkyl halides is 5. The summed E-state index contributed by atoms with van der Waals surface area (Å²) >= 11 is 0. The first kappa shape index (κ1) is 21.2. The van der Waals surface area contributed by atoms with Crippen LogP contribution >= 0.6 is 0 Å². The van der Waals surface area contributed by atoms with Crippen LogP contribution in [0.15, 0.2) is 30.6 Å². The third-order valence-electron chi connectivity index (χ3n) is 5.36. The molecule has 5 nitrogen and oxygen atoms in total. The third kappa shape index (κ3) is 4.11. The predicted molar refractivity (Wildman–Crippen MR) is 108 cm³/mol. The average molecular weight is 437 g/mol. The molecule has 2 N–H and O–H groups in total. The standard InChI is InChI=1S/C21H20F5N5/c1-20(22,23)15-9-13-16(28-11-29-19(13)31-7-3-2-4-8-31)10-12(15)18-14(21(24,25)26)5-6-17(27)30-18/h5-6,9-11H,2-4,7-8H2,1H3,(H2,27,30). The Kier molecular flexibility index (Phi) is 5.18. The van der Waals surface area contributed by atoms with E-state index in [1.807, 2.05) is 4.90 Å². The lowest BCUT2D eigenvalue weighted by Gasteiger charge is -2.29. The van der Waals surface area contributed by atoms with Crippen molar-refractivity contribution in [3.63, 3.8) is 0 Å². The van der Waals surface area contributed by atoms with Gasteiger partial charge in [-0.05, 0) is 43.5 Å². The van der Waals surface area contributed by atoms with E-state index >= 15 is 0 Å². The Hall–Kier alpha value is -3.04. The Balaban J connectivity index is 2.01. The first-order valence-corrected chi connectivity index (χ1v) is 9.82. The van der Waals surface area contributed by atoms with E-state index in [0.29, 0.717) is 18.1 Å². The van der Waals surface area contributed by atoms with Crippen LogP contribution < -0.4 is 10.6 Å². The van der Waals surface area contributed by atoms with E-state index in [1.54, 1.807) is 0 Å². The monoisotopic (exact) mass is 437 g/mol. The first-order valence-electron chi connectivity index (χ1n) is 9.82. The molecule has 3 aromatic rings. The lowest BCUT2D eigenvalue weighted by molar-refractivity contribution is -0.137. The van der Waals surface area contributed by atoms with Gasteiger partial charge in [0.05, 0.1) is 16.8 Å². The maximum absolute atomic E-state index is 14.6. The fourth-order valence-corrected chi connectivity index (χ4v) is 3.91. The molecule has 0 radical (unpaired) electrons. The van der Waals surface area contributed by atoms with E-state index in [-0.39, 0.29) is 16.9 Å². The Morgan fingerprint density at radius 3 is 2.29 bits per heavy atom. The summed E-state index contributed by atoms with van der Waals surface area (Å²) in [5.74, 6) is -3.14. The number of nitrogen functional groups attached to an aromatic ring is 1. The summed E-state index contributed by atoms with van der Waals surface area (Å²) < 4.78 is 70.1. The van der Waals surface area contributed by atoms with E-state index in [4.69, 9.17) is 5.73 Å². The summed E-state index contributed by atoms with van der Waals surface area (Å²) in [6, 6.07) is 4.14. The van der Waals surface area contributed by atoms with E-state index in [2.05, 4.69) is 15.0 Å². The number of halogens is 5. The Morgan fingerprint density at radius 1 is 0.935 bits per heavy atom. The second kappa shape index (κ2) is 7.58. The van der Waals surface area contributed by atoms with Gasteiger partial charge in [-0.3, -0.25) is 0 Å². The van der Waals surface area contributed by atoms with Crippen molar-refractivity contribution >= 4 is 22.5 Å². The molecule has 0 aliphatic carbocycles. The van der Waals surface area contributed by atoms with Crippen LogP contribution in [0.1, 0.15) is 37.3 Å². The normalized spacial score (nSPS) is 15.5. The highest BCUT2D eigenvalue weighted by molar-refractivity contribution is 5.94. The average Bonchev–Trinajstić information content (AvgIpc) is 2.71. The van der Waals surface area contributed by atoms with Gasteiger partial charge in [0.1, 0.15) is 18.0 Å². The molecule has 4 rings (SSSR count). The van der Waals surface area contributed by atoms with Crippen molar-refractivity contribution in [2.75, 3.05) is 23.7 Å². The Labute approximate surface area is 175 Å². The largest absolute Gasteiger partial charge is 0.418 e. The minimum atomic E-state index is -4.80. The number of pyridine rings is 1. The fourth-order valence-electron chi connectivity index (χ4n) is 3.91. The molecule has 1 fully saturated rings. The van der Waals surface area contributed by atoms with Gasteiger partial charge in [-0.25, -0.2) is 23.7 Å². The van der Waals surface area contributed by atoms with E-state index in [0.717, 1.165) is 44.5 Å². The molecule has 1 aromatic carbocycles. The number of nitrogens with two attached hydrogens (primary N) is 1. The molecular formula is C21H20F5N5. The first-order chi connectivity index (χ1) is 14.6. The molecule has 0 spiro atoms. The van der Waals surface area contributed by atoms with Crippen LogP contribution in [0.2, 0.25) is 0 Å². The number of piperidine rings is 1. The summed E-state index contributed by atoms with van der Waals surface area (Å²) in [4.78, 5) is 14.2. The van der Waals surface area contributed by atoms with Gasteiger partial charge >= 0.3 is 6.18 Å². The quantitative estimate of drug-likeness (QED) is 0.556. The van der Waals surface area contributed by atoms with Crippen LogP contribution in [0.3, 0.4) is 0 Å². The number of anilines is 2. The summed E-state index contributed by atoms with van der Waals surface area (Å²) in [5, 5.41) is 0.363. The minimum Gasteiger partial charge on any atom is -0.384 e. The molecule has 0 saturated carbocycles. The number of hydrogen-bond acceptors (Lipinski definition) is 5. The second-order valence-electron chi connectivity index (χ2n) is 7.68. The van der Waals surface area contributed by atoms with Crippen molar-refractivity contribution < 1.29 is 22.0 Å². The van der Waals surface area contributed by atoms with Crippen LogP contribution in [0.4, 0.5) is 33.6 Å². The van der Waals surface area contributed by atoms with E-state index in [9.17, 15) is 22.0 Å². The summed E-state index contributed by atoms with van der Waals surface area (Å²) in [5.41, 5.74) is 3.13. The number of rotatable bonds is 3. The number of aromatic nitrogens is 3. The van der Waals surface area contributed by atoms with Crippen molar-refractivity contribution in [2.24, 2.45) is 0 Å². The SMILES string of the molecule is CC(F)(F)c1cc2c(N3CCCCC3)ncnc2cc1-c1nc(N)ccc1C(F)(F)F. The van der Waals surface area contributed by atoms with E-state index < -0.39 is 28.9 Å². The van der Waals surface area contributed by atoms with Gasteiger partial charge in [-0.15, -0.1) is 0 Å². The zero-order chi connectivity index (χ0) is 22.4. The van der Waals surface area contributed by atoms with Crippen LogP contribution in [-0.4, -0.2) is 28.0 Å². The van der Waals surface area contributed by atoms with Crippen LogP contribution in [0.25, 0.3) is 22.2 Å². The molecule has 0 amide bonds.